The van der Waals surface area contributed by atoms with Gasteiger partial charge in [0.25, 0.3) is 0 Å². The fourth-order valence-electron chi connectivity index (χ4n) is 3.73. The van der Waals surface area contributed by atoms with Gasteiger partial charge in [-0.05, 0) is 30.9 Å². The van der Waals surface area contributed by atoms with Gasteiger partial charge in [-0.15, -0.1) is 0 Å². The first kappa shape index (κ1) is 20.6. The van der Waals surface area contributed by atoms with Gasteiger partial charge in [0.2, 0.25) is 15.9 Å². The summed E-state index contributed by atoms with van der Waals surface area (Å²) in [5, 5.41) is 0. The summed E-state index contributed by atoms with van der Waals surface area (Å²) < 4.78 is 27.0. The van der Waals surface area contributed by atoms with Crippen LogP contribution in [-0.2, 0) is 27.1 Å². The third kappa shape index (κ3) is 5.20. The summed E-state index contributed by atoms with van der Waals surface area (Å²) in [6.07, 6.45) is 1.15. The molecule has 1 amide bonds. The molecule has 2 aromatic carbocycles. The number of rotatable bonds is 6. The Balaban J connectivity index is 1.55. The van der Waals surface area contributed by atoms with E-state index in [2.05, 4.69) is 0 Å². The number of hydrogen-bond acceptors (Lipinski definition) is 3. The second-order valence-electron chi connectivity index (χ2n) is 7.60. The van der Waals surface area contributed by atoms with Crippen LogP contribution in [0.1, 0.15) is 29.5 Å². The highest BCUT2D eigenvalue weighted by Gasteiger charge is 2.32. The van der Waals surface area contributed by atoms with Crippen molar-refractivity contribution in [3.8, 4) is 0 Å². The Morgan fingerprint density at radius 2 is 1.68 bits per heavy atom. The summed E-state index contributed by atoms with van der Waals surface area (Å²) in [6, 6.07) is 17.5. The summed E-state index contributed by atoms with van der Waals surface area (Å²) >= 11 is 0. The third-order valence-corrected chi connectivity index (χ3v) is 7.12. The SMILES string of the molecule is Cc1cccc(CS(=O)(=O)N2CCC(C(=O)N(C)Cc3ccccc3)CC2)c1. The molecular weight excluding hydrogens is 372 g/mol. The maximum atomic E-state index is 12.7. The Labute approximate surface area is 168 Å². The summed E-state index contributed by atoms with van der Waals surface area (Å²) in [5.74, 6) is 0.00000568. The van der Waals surface area contributed by atoms with E-state index >= 15 is 0 Å². The summed E-state index contributed by atoms with van der Waals surface area (Å²) in [5.41, 5.74) is 2.95. The summed E-state index contributed by atoms with van der Waals surface area (Å²) in [7, 11) is -1.55. The largest absolute Gasteiger partial charge is 0.341 e. The van der Waals surface area contributed by atoms with Gasteiger partial charge in [-0.3, -0.25) is 4.79 Å². The van der Waals surface area contributed by atoms with Crippen molar-refractivity contribution in [2.75, 3.05) is 20.1 Å². The summed E-state index contributed by atoms with van der Waals surface area (Å²) in [6.45, 7) is 3.35. The Hall–Kier alpha value is -2.18. The van der Waals surface area contributed by atoms with Crippen LogP contribution in [0.5, 0.6) is 0 Å². The fraction of sp³-hybridized carbons (Fsp3) is 0.409. The molecule has 1 fully saturated rings. The lowest BCUT2D eigenvalue weighted by Gasteiger charge is -2.32. The molecule has 6 heteroatoms. The molecule has 0 spiro atoms. The lowest BCUT2D eigenvalue weighted by atomic mass is 9.96. The van der Waals surface area contributed by atoms with Gasteiger partial charge in [0.1, 0.15) is 0 Å². The predicted octanol–water partition coefficient (Wildman–Crippen LogP) is 3.20. The first-order chi connectivity index (χ1) is 13.3. The molecule has 2 aromatic rings. The van der Waals surface area contributed by atoms with Gasteiger partial charge >= 0.3 is 0 Å². The minimum Gasteiger partial charge on any atom is -0.341 e. The molecule has 0 atom stereocenters. The molecule has 28 heavy (non-hydrogen) atoms. The number of piperidine rings is 1. The van der Waals surface area contributed by atoms with E-state index in [0.717, 1.165) is 16.7 Å². The van der Waals surface area contributed by atoms with Crippen LogP contribution in [-0.4, -0.2) is 43.7 Å². The highest BCUT2D eigenvalue weighted by Crippen LogP contribution is 2.24. The number of aryl methyl sites for hydroxylation is 1. The topological polar surface area (TPSA) is 57.7 Å². The normalized spacial score (nSPS) is 16.1. The van der Waals surface area contributed by atoms with Crippen LogP contribution in [0.4, 0.5) is 0 Å². The van der Waals surface area contributed by atoms with Crippen molar-refractivity contribution >= 4 is 15.9 Å². The van der Waals surface area contributed by atoms with Crippen molar-refractivity contribution in [2.24, 2.45) is 5.92 Å². The van der Waals surface area contributed by atoms with Crippen molar-refractivity contribution < 1.29 is 13.2 Å². The van der Waals surface area contributed by atoms with Gasteiger partial charge < -0.3 is 4.90 Å². The van der Waals surface area contributed by atoms with E-state index in [0.29, 0.717) is 32.5 Å². The molecule has 0 N–H and O–H groups in total. The van der Waals surface area contributed by atoms with Crippen molar-refractivity contribution in [1.29, 1.82) is 0 Å². The van der Waals surface area contributed by atoms with Crippen molar-refractivity contribution in [2.45, 2.75) is 32.1 Å². The number of nitrogens with zero attached hydrogens (tertiary/aromatic N) is 2. The molecule has 1 aliphatic rings. The molecule has 3 rings (SSSR count). The lowest BCUT2D eigenvalue weighted by molar-refractivity contribution is -0.135. The second kappa shape index (κ2) is 8.88. The smallest absolute Gasteiger partial charge is 0.225 e. The zero-order chi connectivity index (χ0) is 20.1. The molecule has 1 aliphatic heterocycles. The Bertz CT molecular complexity index is 904. The Morgan fingerprint density at radius 3 is 2.32 bits per heavy atom. The van der Waals surface area contributed by atoms with Crippen molar-refractivity contribution in [3.63, 3.8) is 0 Å². The minimum absolute atomic E-state index is 0.0151. The van der Waals surface area contributed by atoms with E-state index < -0.39 is 10.0 Å². The number of amides is 1. The fourth-order valence-corrected chi connectivity index (χ4v) is 5.28. The molecule has 1 saturated heterocycles. The molecule has 0 aromatic heterocycles. The number of benzene rings is 2. The van der Waals surface area contributed by atoms with Gasteiger partial charge in [-0.25, -0.2) is 12.7 Å². The second-order valence-corrected chi connectivity index (χ2v) is 9.57. The molecule has 5 nitrogen and oxygen atoms in total. The van der Waals surface area contributed by atoms with Gasteiger partial charge in [0.15, 0.2) is 0 Å². The average molecular weight is 401 g/mol. The first-order valence-corrected chi connectivity index (χ1v) is 11.3. The Kier molecular flexibility index (Phi) is 6.52. The maximum Gasteiger partial charge on any atom is 0.225 e. The first-order valence-electron chi connectivity index (χ1n) is 9.67. The third-order valence-electron chi connectivity index (χ3n) is 5.27. The molecule has 0 unspecified atom stereocenters. The predicted molar refractivity (Wildman–Crippen MR) is 111 cm³/mol. The van der Waals surface area contributed by atoms with Crippen LogP contribution in [0.25, 0.3) is 0 Å². The zero-order valence-electron chi connectivity index (χ0n) is 16.5. The highest BCUT2D eigenvalue weighted by molar-refractivity contribution is 7.88. The van der Waals surface area contributed by atoms with Crippen LogP contribution in [0.3, 0.4) is 0 Å². The monoisotopic (exact) mass is 400 g/mol. The van der Waals surface area contributed by atoms with Gasteiger partial charge in [0, 0.05) is 32.6 Å². The van der Waals surface area contributed by atoms with Gasteiger partial charge in [-0.1, -0.05) is 60.2 Å². The molecule has 150 valence electrons. The Morgan fingerprint density at radius 1 is 1.04 bits per heavy atom. The van der Waals surface area contributed by atoms with Crippen LogP contribution in [0.2, 0.25) is 0 Å². The molecule has 0 radical (unpaired) electrons. The van der Waals surface area contributed by atoms with Crippen LogP contribution < -0.4 is 0 Å². The molecule has 1 heterocycles. The minimum atomic E-state index is -3.36. The molecule has 0 saturated carbocycles. The molecule has 0 aliphatic carbocycles. The van der Waals surface area contributed by atoms with E-state index in [1.54, 1.807) is 4.90 Å². The van der Waals surface area contributed by atoms with Crippen LogP contribution >= 0.6 is 0 Å². The molecular formula is C22H28N2O3S. The van der Waals surface area contributed by atoms with Crippen LogP contribution in [0.15, 0.2) is 54.6 Å². The van der Waals surface area contributed by atoms with E-state index in [-0.39, 0.29) is 17.6 Å². The zero-order valence-corrected chi connectivity index (χ0v) is 17.4. The van der Waals surface area contributed by atoms with E-state index in [1.165, 1.54) is 4.31 Å². The average Bonchev–Trinajstić information content (AvgIpc) is 2.68. The van der Waals surface area contributed by atoms with E-state index in [9.17, 15) is 13.2 Å². The van der Waals surface area contributed by atoms with Gasteiger partial charge in [-0.2, -0.15) is 0 Å². The summed E-state index contributed by atoms with van der Waals surface area (Å²) in [4.78, 5) is 14.5. The van der Waals surface area contributed by atoms with Gasteiger partial charge in [0.05, 0.1) is 5.75 Å². The number of carbonyl (C=O) groups is 1. The van der Waals surface area contributed by atoms with E-state index in [4.69, 9.17) is 0 Å². The van der Waals surface area contributed by atoms with Crippen molar-refractivity contribution in [3.05, 3.63) is 71.3 Å². The quantitative estimate of drug-likeness (QED) is 0.748. The van der Waals surface area contributed by atoms with E-state index in [1.807, 2.05) is 68.6 Å². The number of hydrogen-bond donors (Lipinski definition) is 0. The lowest BCUT2D eigenvalue weighted by Crippen LogP contribution is -2.43. The van der Waals surface area contributed by atoms with Crippen LogP contribution in [0, 0.1) is 12.8 Å². The number of carbonyl (C=O) groups excluding carboxylic acids is 1. The standard InChI is InChI=1S/C22H28N2O3S/c1-18-7-6-10-20(15-18)17-28(26,27)24-13-11-21(12-14-24)22(25)23(2)16-19-8-4-3-5-9-19/h3-10,15,21H,11-14,16-17H2,1-2H3. The van der Waals surface area contributed by atoms with Crippen molar-refractivity contribution in [1.82, 2.24) is 9.21 Å². The highest BCUT2D eigenvalue weighted by atomic mass is 32.2. The number of sulfonamides is 1. The maximum absolute atomic E-state index is 12.7. The molecule has 0 bridgehead atoms.